The van der Waals surface area contributed by atoms with E-state index < -0.39 is 0 Å². The zero-order chi connectivity index (χ0) is 21.3. The van der Waals surface area contributed by atoms with Gasteiger partial charge < -0.3 is 5.32 Å². The molecule has 0 unspecified atom stereocenters. The first kappa shape index (κ1) is 20.4. The van der Waals surface area contributed by atoms with Gasteiger partial charge in [-0.2, -0.15) is 0 Å². The lowest BCUT2D eigenvalue weighted by Gasteiger charge is -2.15. The average molecular weight is 436 g/mol. The number of carbonyl (C=O) groups excluding carboxylic acids is 1. The predicted octanol–water partition coefficient (Wildman–Crippen LogP) is 5.10. The summed E-state index contributed by atoms with van der Waals surface area (Å²) in [7, 11) is 0. The number of fused-ring (bicyclic) bond motifs is 1. The number of hydrogen-bond acceptors (Lipinski definition) is 5. The normalized spacial score (nSPS) is 11.0. The molecule has 2 aromatic heterocycles. The van der Waals surface area contributed by atoms with E-state index in [1.165, 1.54) is 23.1 Å². The molecule has 0 bridgehead atoms. The van der Waals surface area contributed by atoms with Gasteiger partial charge in [0.25, 0.3) is 5.56 Å². The molecule has 1 amide bonds. The van der Waals surface area contributed by atoms with E-state index >= 15 is 0 Å². The Bertz CT molecular complexity index is 1310. The molecule has 0 atom stereocenters. The Balaban J connectivity index is 1.69. The van der Waals surface area contributed by atoms with E-state index in [0.29, 0.717) is 15.4 Å². The first-order chi connectivity index (χ1) is 14.4. The first-order valence-electron chi connectivity index (χ1n) is 9.50. The van der Waals surface area contributed by atoms with Gasteiger partial charge in [0, 0.05) is 5.69 Å². The van der Waals surface area contributed by atoms with Gasteiger partial charge in [0.2, 0.25) is 5.91 Å². The molecular formula is C23H21N3O2S2. The third kappa shape index (κ3) is 4.04. The Labute approximate surface area is 182 Å². The third-order valence-corrected chi connectivity index (χ3v) is 6.73. The highest BCUT2D eigenvalue weighted by atomic mass is 32.2. The Morgan fingerprint density at radius 3 is 2.73 bits per heavy atom. The molecule has 2 heterocycles. The van der Waals surface area contributed by atoms with Crippen molar-refractivity contribution in [2.24, 2.45) is 0 Å². The van der Waals surface area contributed by atoms with E-state index in [0.717, 1.165) is 28.1 Å². The smallest absolute Gasteiger partial charge is 0.276 e. The van der Waals surface area contributed by atoms with Crippen molar-refractivity contribution in [2.75, 3.05) is 11.1 Å². The third-order valence-electron chi connectivity index (χ3n) is 4.90. The molecule has 7 heteroatoms. The van der Waals surface area contributed by atoms with E-state index in [4.69, 9.17) is 4.98 Å². The number of nitrogens with zero attached hydrogens (tertiary/aromatic N) is 2. The number of rotatable bonds is 5. The summed E-state index contributed by atoms with van der Waals surface area (Å²) in [4.78, 5) is 30.5. The summed E-state index contributed by atoms with van der Waals surface area (Å²) in [6, 6.07) is 15.4. The Kier molecular flexibility index (Phi) is 5.74. The van der Waals surface area contributed by atoms with Gasteiger partial charge in [0.1, 0.15) is 4.70 Å². The summed E-state index contributed by atoms with van der Waals surface area (Å²) in [6.07, 6.45) is 0. The number of anilines is 1. The molecule has 4 rings (SSSR count). The van der Waals surface area contributed by atoms with Crippen molar-refractivity contribution in [3.05, 3.63) is 81.0 Å². The summed E-state index contributed by atoms with van der Waals surface area (Å²) in [5.74, 6) is 0.0127. The van der Waals surface area contributed by atoms with Crippen LogP contribution in [0.1, 0.15) is 16.7 Å². The molecule has 0 spiro atoms. The quantitative estimate of drug-likeness (QED) is 0.350. The van der Waals surface area contributed by atoms with Gasteiger partial charge in [-0.3, -0.25) is 14.2 Å². The second-order valence-electron chi connectivity index (χ2n) is 7.10. The maximum Gasteiger partial charge on any atom is 0.276 e. The van der Waals surface area contributed by atoms with Crippen LogP contribution in [0.25, 0.3) is 15.9 Å². The van der Waals surface area contributed by atoms with Crippen molar-refractivity contribution in [2.45, 2.75) is 25.9 Å². The number of thiophene rings is 1. The first-order valence-corrected chi connectivity index (χ1v) is 11.4. The molecule has 4 aromatic rings. The van der Waals surface area contributed by atoms with Gasteiger partial charge in [-0.15, -0.1) is 11.3 Å². The summed E-state index contributed by atoms with van der Waals surface area (Å²) >= 11 is 2.65. The molecule has 0 saturated carbocycles. The Hall–Kier alpha value is -2.90. The largest absolute Gasteiger partial charge is 0.325 e. The lowest BCUT2D eigenvalue weighted by Crippen LogP contribution is -2.23. The molecular weight excluding hydrogens is 414 g/mol. The Morgan fingerprint density at radius 2 is 1.93 bits per heavy atom. The van der Waals surface area contributed by atoms with Gasteiger partial charge in [0.15, 0.2) is 5.16 Å². The van der Waals surface area contributed by atoms with Gasteiger partial charge >= 0.3 is 0 Å². The number of thioether (sulfide) groups is 1. The second-order valence-corrected chi connectivity index (χ2v) is 8.95. The molecule has 1 N–H and O–H groups in total. The van der Waals surface area contributed by atoms with Crippen molar-refractivity contribution in [3.8, 4) is 5.69 Å². The molecule has 2 aromatic carbocycles. The SMILES string of the molecule is Cc1cccc(NC(=O)CSc2nc3ccsc3c(=O)n2-c2cccc(C)c2C)c1. The summed E-state index contributed by atoms with van der Waals surface area (Å²) < 4.78 is 2.25. The van der Waals surface area contributed by atoms with Crippen molar-refractivity contribution in [1.29, 1.82) is 0 Å². The highest BCUT2D eigenvalue weighted by Gasteiger charge is 2.17. The lowest BCUT2D eigenvalue weighted by molar-refractivity contribution is -0.113. The van der Waals surface area contributed by atoms with Gasteiger partial charge in [-0.05, 0) is 67.1 Å². The lowest BCUT2D eigenvalue weighted by atomic mass is 10.1. The zero-order valence-corrected chi connectivity index (χ0v) is 18.6. The maximum absolute atomic E-state index is 13.3. The number of hydrogen-bond donors (Lipinski definition) is 1. The Morgan fingerprint density at radius 1 is 1.13 bits per heavy atom. The fourth-order valence-electron chi connectivity index (χ4n) is 3.23. The molecule has 0 aliphatic heterocycles. The number of carbonyl (C=O) groups is 1. The van der Waals surface area contributed by atoms with Crippen molar-refractivity contribution in [3.63, 3.8) is 0 Å². The van der Waals surface area contributed by atoms with Gasteiger partial charge in [-0.1, -0.05) is 36.0 Å². The monoisotopic (exact) mass is 435 g/mol. The number of aryl methyl sites for hydroxylation is 2. The van der Waals surface area contributed by atoms with Crippen LogP contribution in [0.2, 0.25) is 0 Å². The number of amides is 1. The van der Waals surface area contributed by atoms with Crippen molar-refractivity contribution in [1.82, 2.24) is 9.55 Å². The molecule has 30 heavy (non-hydrogen) atoms. The average Bonchev–Trinajstić information content (AvgIpc) is 3.18. The number of benzene rings is 2. The van der Waals surface area contributed by atoms with E-state index in [2.05, 4.69) is 5.32 Å². The van der Waals surface area contributed by atoms with E-state index in [-0.39, 0.29) is 17.2 Å². The standard InChI is InChI=1S/C23H21N3O2S2/c1-14-6-4-8-17(12-14)24-20(27)13-30-23-25-18-10-11-29-21(18)22(28)26(23)19-9-5-7-15(2)16(19)3/h4-12H,13H2,1-3H3,(H,24,27). The maximum atomic E-state index is 13.3. The molecule has 0 aliphatic rings. The van der Waals surface area contributed by atoms with Crippen LogP contribution in [0.15, 0.2) is 63.9 Å². The van der Waals surface area contributed by atoms with E-state index in [1.54, 1.807) is 4.57 Å². The number of aromatic nitrogens is 2. The molecule has 0 fully saturated rings. The van der Waals surface area contributed by atoms with Crippen molar-refractivity contribution >= 4 is 44.9 Å². The van der Waals surface area contributed by atoms with Crippen LogP contribution in [0, 0.1) is 20.8 Å². The fourth-order valence-corrected chi connectivity index (χ4v) is 4.79. The molecule has 152 valence electrons. The predicted molar refractivity (Wildman–Crippen MR) is 125 cm³/mol. The molecule has 5 nitrogen and oxygen atoms in total. The summed E-state index contributed by atoms with van der Waals surface area (Å²) in [5, 5.41) is 5.29. The minimum absolute atomic E-state index is 0.106. The van der Waals surface area contributed by atoms with Crippen LogP contribution in [0.5, 0.6) is 0 Å². The van der Waals surface area contributed by atoms with Crippen LogP contribution in [0.3, 0.4) is 0 Å². The van der Waals surface area contributed by atoms with Gasteiger partial charge in [-0.25, -0.2) is 4.98 Å². The highest BCUT2D eigenvalue weighted by Crippen LogP contribution is 2.26. The summed E-state index contributed by atoms with van der Waals surface area (Å²) in [5.41, 5.74) is 5.30. The minimum atomic E-state index is -0.141. The molecule has 0 radical (unpaired) electrons. The van der Waals surface area contributed by atoms with Crippen LogP contribution in [0.4, 0.5) is 5.69 Å². The van der Waals surface area contributed by atoms with Crippen LogP contribution in [-0.2, 0) is 4.79 Å². The van der Waals surface area contributed by atoms with E-state index in [9.17, 15) is 9.59 Å². The fraction of sp³-hybridized carbons (Fsp3) is 0.174. The van der Waals surface area contributed by atoms with Crippen molar-refractivity contribution < 1.29 is 4.79 Å². The summed E-state index contributed by atoms with van der Waals surface area (Å²) in [6.45, 7) is 5.99. The van der Waals surface area contributed by atoms with E-state index in [1.807, 2.05) is 74.7 Å². The minimum Gasteiger partial charge on any atom is -0.325 e. The second kappa shape index (κ2) is 8.45. The zero-order valence-electron chi connectivity index (χ0n) is 16.9. The molecule has 0 saturated heterocycles. The van der Waals surface area contributed by atoms with Crippen LogP contribution < -0.4 is 10.9 Å². The topological polar surface area (TPSA) is 64.0 Å². The van der Waals surface area contributed by atoms with Gasteiger partial charge in [0.05, 0.1) is 17.0 Å². The highest BCUT2D eigenvalue weighted by molar-refractivity contribution is 7.99. The van der Waals surface area contributed by atoms with Crippen LogP contribution >= 0.6 is 23.1 Å². The number of nitrogens with one attached hydrogen (secondary N) is 1. The van der Waals surface area contributed by atoms with Crippen LogP contribution in [-0.4, -0.2) is 21.2 Å². The molecule has 0 aliphatic carbocycles.